The summed E-state index contributed by atoms with van der Waals surface area (Å²) >= 11 is 0. The Morgan fingerprint density at radius 1 is 0.943 bits per heavy atom. The second-order valence-corrected chi connectivity index (χ2v) is 12.0. The molecule has 2 aromatic carbocycles. The zero-order chi connectivity index (χ0) is 24.6. The number of piperidine rings is 2. The summed E-state index contributed by atoms with van der Waals surface area (Å²) in [6.07, 6.45) is 2.79. The van der Waals surface area contributed by atoms with E-state index in [9.17, 15) is 13.2 Å². The van der Waals surface area contributed by atoms with Crippen molar-refractivity contribution in [3.05, 3.63) is 60.0 Å². The van der Waals surface area contributed by atoms with Crippen molar-refractivity contribution in [2.75, 3.05) is 26.2 Å². The summed E-state index contributed by atoms with van der Waals surface area (Å²) in [6, 6.07) is 14.9. The minimum absolute atomic E-state index is 0.120. The van der Waals surface area contributed by atoms with Crippen LogP contribution in [0, 0.1) is 5.92 Å². The molecule has 3 heterocycles. The van der Waals surface area contributed by atoms with Crippen molar-refractivity contribution in [1.82, 2.24) is 14.2 Å². The average molecular weight is 496 g/mol. The fourth-order valence-electron chi connectivity index (χ4n) is 5.19. The van der Waals surface area contributed by atoms with E-state index in [1.165, 1.54) is 4.31 Å². The van der Waals surface area contributed by atoms with Gasteiger partial charge in [-0.05, 0) is 61.4 Å². The van der Waals surface area contributed by atoms with Gasteiger partial charge in [0.1, 0.15) is 5.52 Å². The molecule has 1 aromatic heterocycles. The van der Waals surface area contributed by atoms with E-state index in [1.54, 1.807) is 12.1 Å². The molecule has 7 nitrogen and oxygen atoms in total. The Morgan fingerprint density at radius 3 is 2.23 bits per heavy atom. The highest BCUT2D eigenvalue weighted by Gasteiger charge is 2.35. The molecule has 0 aliphatic carbocycles. The third kappa shape index (κ3) is 4.86. The lowest BCUT2D eigenvalue weighted by molar-refractivity contribution is -0.137. The number of benzene rings is 2. The quantitative estimate of drug-likeness (QED) is 0.510. The topological polar surface area (TPSA) is 83.7 Å². The fourth-order valence-corrected chi connectivity index (χ4v) is 6.66. The second kappa shape index (κ2) is 9.74. The van der Waals surface area contributed by atoms with Gasteiger partial charge < -0.3 is 9.32 Å². The molecule has 0 radical (unpaired) electrons. The van der Waals surface area contributed by atoms with Gasteiger partial charge in [-0.15, -0.1) is 0 Å². The van der Waals surface area contributed by atoms with Crippen LogP contribution in [0.3, 0.4) is 0 Å². The minimum atomic E-state index is -3.54. The van der Waals surface area contributed by atoms with E-state index in [1.807, 2.05) is 41.3 Å². The number of oxazole rings is 1. The molecule has 5 rings (SSSR count). The number of carbonyl (C=O) groups excluding carboxylic acids is 1. The molecule has 186 valence electrons. The van der Waals surface area contributed by atoms with Crippen LogP contribution < -0.4 is 0 Å². The van der Waals surface area contributed by atoms with E-state index < -0.39 is 10.0 Å². The molecular formula is C27H33N3O4S. The number of carbonyl (C=O) groups is 1. The fraction of sp³-hybridized carbons (Fsp3) is 0.481. The van der Waals surface area contributed by atoms with E-state index in [0.29, 0.717) is 49.8 Å². The van der Waals surface area contributed by atoms with Crippen molar-refractivity contribution >= 4 is 27.0 Å². The monoisotopic (exact) mass is 495 g/mol. The first-order valence-corrected chi connectivity index (χ1v) is 14.0. The van der Waals surface area contributed by atoms with Crippen LogP contribution >= 0.6 is 0 Å². The molecule has 2 fully saturated rings. The second-order valence-electron chi connectivity index (χ2n) is 10.0. The lowest BCUT2D eigenvalue weighted by Crippen LogP contribution is -2.46. The highest BCUT2D eigenvalue weighted by molar-refractivity contribution is 7.89. The predicted octanol–water partition coefficient (Wildman–Crippen LogP) is 4.76. The van der Waals surface area contributed by atoms with Crippen molar-refractivity contribution in [3.8, 4) is 0 Å². The Hall–Kier alpha value is -2.71. The molecule has 1 amide bonds. The third-order valence-corrected chi connectivity index (χ3v) is 9.37. The van der Waals surface area contributed by atoms with Crippen LogP contribution in [0.1, 0.15) is 62.8 Å². The molecule has 0 N–H and O–H groups in total. The highest BCUT2D eigenvalue weighted by atomic mass is 32.2. The first-order valence-electron chi connectivity index (χ1n) is 12.6. The van der Waals surface area contributed by atoms with Crippen LogP contribution in [0.25, 0.3) is 11.1 Å². The Bertz CT molecular complexity index is 1250. The van der Waals surface area contributed by atoms with Crippen LogP contribution in [-0.4, -0.2) is 54.7 Å². The Kier molecular flexibility index (Phi) is 6.68. The molecule has 2 saturated heterocycles. The number of fused-ring (bicyclic) bond motifs is 1. The number of likely N-dealkylation sites (tertiary alicyclic amines) is 1. The maximum Gasteiger partial charge on any atom is 0.243 e. The van der Waals surface area contributed by atoms with E-state index in [4.69, 9.17) is 4.42 Å². The van der Waals surface area contributed by atoms with E-state index in [0.717, 1.165) is 35.4 Å². The highest BCUT2D eigenvalue weighted by Crippen LogP contribution is 2.32. The largest absolute Gasteiger partial charge is 0.440 e. The standard InChI is InChI=1S/C27H33N3O4S/c1-19(2)20-7-9-23(10-8-20)35(32,33)30-17-13-22(14-18-30)27(31)29-15-11-21(12-16-29)26-28-24-5-3-4-6-25(24)34-26/h3-10,19,21-22H,11-18H2,1-2H3. The smallest absolute Gasteiger partial charge is 0.243 e. The summed E-state index contributed by atoms with van der Waals surface area (Å²) in [5.41, 5.74) is 2.80. The molecule has 8 heteroatoms. The van der Waals surface area contributed by atoms with Gasteiger partial charge in [-0.1, -0.05) is 38.1 Å². The molecule has 0 unspecified atom stereocenters. The molecule has 0 atom stereocenters. The summed E-state index contributed by atoms with van der Waals surface area (Å²) in [7, 11) is -3.54. The summed E-state index contributed by atoms with van der Waals surface area (Å²) in [4.78, 5) is 20.1. The molecule has 2 aliphatic heterocycles. The predicted molar refractivity (Wildman–Crippen MR) is 135 cm³/mol. The van der Waals surface area contributed by atoms with Gasteiger partial charge in [0, 0.05) is 38.0 Å². The lowest BCUT2D eigenvalue weighted by atomic mass is 9.92. The number of nitrogens with zero attached hydrogens (tertiary/aromatic N) is 3. The molecular weight excluding hydrogens is 462 g/mol. The third-order valence-electron chi connectivity index (χ3n) is 7.45. The van der Waals surface area contributed by atoms with E-state index in [2.05, 4.69) is 18.8 Å². The normalized spacial score (nSPS) is 19.0. The van der Waals surface area contributed by atoms with Crippen molar-refractivity contribution in [1.29, 1.82) is 0 Å². The van der Waals surface area contributed by atoms with Crippen LogP contribution in [0.4, 0.5) is 0 Å². The number of hydrogen-bond donors (Lipinski definition) is 0. The van der Waals surface area contributed by atoms with Gasteiger partial charge in [0.25, 0.3) is 0 Å². The molecule has 3 aromatic rings. The van der Waals surface area contributed by atoms with Gasteiger partial charge in [-0.3, -0.25) is 4.79 Å². The summed E-state index contributed by atoms with van der Waals surface area (Å²) in [6.45, 7) is 6.30. The summed E-state index contributed by atoms with van der Waals surface area (Å²) < 4.78 is 33.7. The molecule has 0 saturated carbocycles. The lowest BCUT2D eigenvalue weighted by Gasteiger charge is -2.36. The maximum absolute atomic E-state index is 13.2. The van der Waals surface area contributed by atoms with Crippen molar-refractivity contribution in [2.24, 2.45) is 5.92 Å². The van der Waals surface area contributed by atoms with Crippen LogP contribution in [-0.2, 0) is 14.8 Å². The summed E-state index contributed by atoms with van der Waals surface area (Å²) in [5.74, 6) is 1.37. The van der Waals surface area contributed by atoms with Gasteiger partial charge in [-0.25, -0.2) is 13.4 Å². The van der Waals surface area contributed by atoms with Crippen molar-refractivity contribution < 1.29 is 17.6 Å². The first kappa shape index (κ1) is 24.0. The van der Waals surface area contributed by atoms with Crippen LogP contribution in [0.5, 0.6) is 0 Å². The molecule has 0 spiro atoms. The van der Waals surface area contributed by atoms with Crippen molar-refractivity contribution in [3.63, 3.8) is 0 Å². The SMILES string of the molecule is CC(C)c1ccc(S(=O)(=O)N2CCC(C(=O)N3CCC(c4nc5ccccc5o4)CC3)CC2)cc1. The molecule has 35 heavy (non-hydrogen) atoms. The number of amides is 1. The van der Waals surface area contributed by atoms with Gasteiger partial charge in [-0.2, -0.15) is 4.31 Å². The molecule has 2 aliphatic rings. The number of aromatic nitrogens is 1. The number of sulfonamides is 1. The summed E-state index contributed by atoms with van der Waals surface area (Å²) in [5, 5.41) is 0. The first-order chi connectivity index (χ1) is 16.8. The number of rotatable bonds is 5. The Morgan fingerprint density at radius 2 is 1.60 bits per heavy atom. The van der Waals surface area contributed by atoms with E-state index >= 15 is 0 Å². The van der Waals surface area contributed by atoms with E-state index in [-0.39, 0.29) is 17.7 Å². The van der Waals surface area contributed by atoms with Gasteiger partial charge in [0.05, 0.1) is 4.90 Å². The van der Waals surface area contributed by atoms with Crippen LogP contribution in [0.15, 0.2) is 57.8 Å². The van der Waals surface area contributed by atoms with Crippen molar-refractivity contribution in [2.45, 2.75) is 56.3 Å². The minimum Gasteiger partial charge on any atom is -0.440 e. The maximum atomic E-state index is 13.2. The van der Waals surface area contributed by atoms with Crippen LogP contribution in [0.2, 0.25) is 0 Å². The number of para-hydroxylation sites is 2. The number of hydrogen-bond acceptors (Lipinski definition) is 5. The average Bonchev–Trinajstić information content (AvgIpc) is 3.33. The zero-order valence-corrected chi connectivity index (χ0v) is 21.2. The Balaban J connectivity index is 1.15. The zero-order valence-electron chi connectivity index (χ0n) is 20.4. The van der Waals surface area contributed by atoms with Gasteiger partial charge >= 0.3 is 0 Å². The molecule has 0 bridgehead atoms. The van der Waals surface area contributed by atoms with Gasteiger partial charge in [0.2, 0.25) is 15.9 Å². The Labute approximate surface area is 207 Å². The van der Waals surface area contributed by atoms with Gasteiger partial charge in [0.15, 0.2) is 11.5 Å².